The summed E-state index contributed by atoms with van der Waals surface area (Å²) in [7, 11) is 2.11. The Hall–Kier alpha value is -1.16. The van der Waals surface area contributed by atoms with Gasteiger partial charge in [-0.2, -0.15) is 0 Å². The molecule has 1 aromatic carbocycles. The third-order valence-corrected chi connectivity index (χ3v) is 5.54. The second-order valence-electron chi connectivity index (χ2n) is 6.77. The maximum atomic E-state index is 12.5. The number of aryl methyl sites for hydroxylation is 1. The van der Waals surface area contributed by atoms with Crippen LogP contribution in [0.3, 0.4) is 0 Å². The molecule has 1 aliphatic heterocycles. The lowest BCUT2D eigenvalue weighted by Crippen LogP contribution is -2.19. The van der Waals surface area contributed by atoms with Crippen molar-refractivity contribution in [2.24, 2.45) is 5.92 Å². The summed E-state index contributed by atoms with van der Waals surface area (Å²) in [5.41, 5.74) is 4.56. The number of unbranched alkanes of at least 4 members (excludes halogenated alkanes) is 1. The highest BCUT2D eigenvalue weighted by Gasteiger charge is 2.19. The van der Waals surface area contributed by atoms with Gasteiger partial charge in [-0.25, -0.2) is 0 Å². The zero-order chi connectivity index (χ0) is 16.8. The third kappa shape index (κ3) is 4.90. The fraction of sp³-hybridized carbons (Fsp3) is 0.632. The average molecular weight is 335 g/mol. The minimum absolute atomic E-state index is 0.281. The Kier molecular flexibility index (Phi) is 6.82. The van der Waals surface area contributed by atoms with E-state index in [2.05, 4.69) is 49.6 Å². The van der Waals surface area contributed by atoms with Crippen molar-refractivity contribution >= 4 is 29.1 Å². The van der Waals surface area contributed by atoms with Gasteiger partial charge in [0.15, 0.2) is 5.78 Å². The van der Waals surface area contributed by atoms with Gasteiger partial charge in [-0.15, -0.1) is 0 Å². The number of hydrogen-bond acceptors (Lipinski definition) is 4. The number of fused-ring (bicyclic) bond motifs is 1. The molecule has 2 rings (SSSR count). The number of rotatable bonds is 8. The van der Waals surface area contributed by atoms with E-state index in [0.717, 1.165) is 49.2 Å². The van der Waals surface area contributed by atoms with E-state index in [1.807, 2.05) is 11.9 Å². The fourth-order valence-electron chi connectivity index (χ4n) is 2.80. The molecule has 0 fully saturated rings. The van der Waals surface area contributed by atoms with Crippen molar-refractivity contribution in [3.05, 3.63) is 23.3 Å². The monoisotopic (exact) mass is 334 g/mol. The van der Waals surface area contributed by atoms with E-state index in [1.54, 1.807) is 0 Å². The second-order valence-corrected chi connectivity index (χ2v) is 7.91. The summed E-state index contributed by atoms with van der Waals surface area (Å²) < 4.78 is 2.23. The van der Waals surface area contributed by atoms with E-state index >= 15 is 0 Å². The highest BCUT2D eigenvalue weighted by atomic mass is 32.2. The molecule has 23 heavy (non-hydrogen) atoms. The first kappa shape index (κ1) is 18.2. The van der Waals surface area contributed by atoms with Crippen LogP contribution in [-0.2, 0) is 6.42 Å². The second kappa shape index (κ2) is 8.62. The summed E-state index contributed by atoms with van der Waals surface area (Å²) in [6, 6.07) is 4.20. The molecule has 3 nitrogen and oxygen atoms in total. The fourth-order valence-corrected chi connectivity index (χ4v) is 3.61. The standard InChI is InChI=1S/C19H30N2OS/c1-5-6-9-18(22)16-11-15-8-7-10-20-19(15)17(12-16)21(4)23-13-14(2)3/h11-12,14,20H,5-10,13H2,1-4H3. The first-order valence-electron chi connectivity index (χ1n) is 8.83. The first-order valence-corrected chi connectivity index (χ1v) is 9.77. The molecule has 0 saturated heterocycles. The van der Waals surface area contributed by atoms with Gasteiger partial charge < -0.3 is 9.62 Å². The minimum Gasteiger partial charge on any atom is -0.383 e. The van der Waals surface area contributed by atoms with Crippen LogP contribution < -0.4 is 9.62 Å². The number of carbonyl (C=O) groups is 1. The summed E-state index contributed by atoms with van der Waals surface area (Å²) in [4.78, 5) is 12.5. The van der Waals surface area contributed by atoms with Gasteiger partial charge in [0.25, 0.3) is 0 Å². The van der Waals surface area contributed by atoms with E-state index in [1.165, 1.54) is 11.3 Å². The Morgan fingerprint density at radius 1 is 1.39 bits per heavy atom. The molecule has 128 valence electrons. The predicted molar refractivity (Wildman–Crippen MR) is 103 cm³/mol. The van der Waals surface area contributed by atoms with E-state index in [-0.39, 0.29) is 5.78 Å². The Morgan fingerprint density at radius 2 is 2.17 bits per heavy atom. The average Bonchev–Trinajstić information content (AvgIpc) is 2.56. The van der Waals surface area contributed by atoms with E-state index in [0.29, 0.717) is 12.3 Å². The van der Waals surface area contributed by atoms with Crippen molar-refractivity contribution in [3.63, 3.8) is 0 Å². The quantitative estimate of drug-likeness (QED) is 0.526. The molecule has 1 heterocycles. The molecular formula is C19H30N2OS. The van der Waals surface area contributed by atoms with Crippen LogP contribution in [0.25, 0.3) is 0 Å². The third-order valence-electron chi connectivity index (χ3n) is 4.14. The van der Waals surface area contributed by atoms with Crippen molar-refractivity contribution in [2.45, 2.75) is 52.9 Å². The van der Waals surface area contributed by atoms with Gasteiger partial charge in [0, 0.05) is 31.3 Å². The molecule has 1 N–H and O–H groups in total. The van der Waals surface area contributed by atoms with Crippen LogP contribution in [0.4, 0.5) is 11.4 Å². The molecule has 0 saturated carbocycles. The Morgan fingerprint density at radius 3 is 2.87 bits per heavy atom. The molecule has 4 heteroatoms. The van der Waals surface area contributed by atoms with Gasteiger partial charge >= 0.3 is 0 Å². The minimum atomic E-state index is 0.281. The summed E-state index contributed by atoms with van der Waals surface area (Å²) in [5.74, 6) is 2.02. The van der Waals surface area contributed by atoms with Crippen molar-refractivity contribution in [3.8, 4) is 0 Å². The van der Waals surface area contributed by atoms with Gasteiger partial charge in [0.1, 0.15) is 0 Å². The van der Waals surface area contributed by atoms with Gasteiger partial charge in [-0.3, -0.25) is 4.79 Å². The first-order chi connectivity index (χ1) is 11.0. The molecule has 0 aliphatic carbocycles. The SMILES string of the molecule is CCCCC(=O)c1cc2c(c(N(C)SCC(C)C)c1)NCCC2. The molecule has 0 amide bonds. The molecule has 1 aliphatic rings. The Bertz CT molecular complexity index is 542. The van der Waals surface area contributed by atoms with Crippen molar-refractivity contribution < 1.29 is 4.79 Å². The van der Waals surface area contributed by atoms with E-state index < -0.39 is 0 Å². The van der Waals surface area contributed by atoms with Gasteiger partial charge in [-0.1, -0.05) is 27.2 Å². The molecule has 1 aromatic rings. The highest BCUT2D eigenvalue weighted by Crippen LogP contribution is 2.37. The molecule has 0 spiro atoms. The Labute approximate surface area is 145 Å². The van der Waals surface area contributed by atoms with Crippen LogP contribution >= 0.6 is 11.9 Å². The number of ketones is 1. The molecular weight excluding hydrogens is 304 g/mol. The smallest absolute Gasteiger partial charge is 0.162 e. The Balaban J connectivity index is 2.28. The lowest BCUT2D eigenvalue weighted by atomic mass is 9.96. The molecule has 0 atom stereocenters. The van der Waals surface area contributed by atoms with Crippen molar-refractivity contribution in [2.75, 3.05) is 29.0 Å². The number of benzene rings is 1. The summed E-state index contributed by atoms with van der Waals surface area (Å²) in [6.45, 7) is 7.62. The van der Waals surface area contributed by atoms with Crippen molar-refractivity contribution in [1.29, 1.82) is 0 Å². The lowest BCUT2D eigenvalue weighted by Gasteiger charge is -2.28. The number of nitrogens with one attached hydrogen (secondary N) is 1. The van der Waals surface area contributed by atoms with Crippen LogP contribution in [0.2, 0.25) is 0 Å². The molecule has 0 radical (unpaired) electrons. The van der Waals surface area contributed by atoms with Crippen molar-refractivity contribution in [1.82, 2.24) is 0 Å². The predicted octanol–water partition coefficient (Wildman–Crippen LogP) is 5.16. The van der Waals surface area contributed by atoms with Crippen LogP contribution in [0, 0.1) is 5.92 Å². The highest BCUT2D eigenvalue weighted by molar-refractivity contribution is 8.00. The van der Waals surface area contributed by atoms with Crippen LogP contribution in [0.15, 0.2) is 12.1 Å². The normalized spacial score (nSPS) is 13.6. The zero-order valence-corrected chi connectivity index (χ0v) is 15.8. The summed E-state index contributed by atoms with van der Waals surface area (Å²) in [5, 5.41) is 3.54. The van der Waals surface area contributed by atoms with Crippen LogP contribution in [0.1, 0.15) is 62.4 Å². The van der Waals surface area contributed by atoms with E-state index in [4.69, 9.17) is 0 Å². The maximum Gasteiger partial charge on any atom is 0.162 e. The topological polar surface area (TPSA) is 32.3 Å². The van der Waals surface area contributed by atoms with Gasteiger partial charge in [0.2, 0.25) is 0 Å². The number of hydrogen-bond donors (Lipinski definition) is 1. The van der Waals surface area contributed by atoms with E-state index in [9.17, 15) is 4.79 Å². The molecule has 0 unspecified atom stereocenters. The zero-order valence-electron chi connectivity index (χ0n) is 14.9. The van der Waals surface area contributed by atoms with Crippen LogP contribution in [0.5, 0.6) is 0 Å². The number of nitrogens with zero attached hydrogens (tertiary/aromatic N) is 1. The van der Waals surface area contributed by atoms with Gasteiger partial charge in [-0.05, 0) is 54.8 Å². The molecule has 0 bridgehead atoms. The largest absolute Gasteiger partial charge is 0.383 e. The lowest BCUT2D eigenvalue weighted by molar-refractivity contribution is 0.0979. The number of anilines is 2. The number of Topliss-reactive ketones (excluding diaryl/α,β-unsaturated/α-hetero) is 1. The van der Waals surface area contributed by atoms with Gasteiger partial charge in [0.05, 0.1) is 11.4 Å². The molecule has 0 aromatic heterocycles. The number of carbonyl (C=O) groups excluding carboxylic acids is 1. The summed E-state index contributed by atoms with van der Waals surface area (Å²) >= 11 is 1.83. The maximum absolute atomic E-state index is 12.5. The van der Waals surface area contributed by atoms with Crippen LogP contribution in [-0.4, -0.2) is 25.1 Å². The summed E-state index contributed by atoms with van der Waals surface area (Å²) in [6.07, 6.45) is 4.90.